The van der Waals surface area contributed by atoms with Crippen molar-refractivity contribution >= 4 is 29.6 Å². The summed E-state index contributed by atoms with van der Waals surface area (Å²) in [5, 5.41) is 0.553. The van der Waals surface area contributed by atoms with Crippen LogP contribution in [0.3, 0.4) is 0 Å². The zero-order chi connectivity index (χ0) is 18.2. The van der Waals surface area contributed by atoms with E-state index in [9.17, 15) is 9.59 Å². The second-order valence-corrected chi connectivity index (χ2v) is 5.86. The highest BCUT2D eigenvalue weighted by Crippen LogP contribution is 2.23. The number of hydrogen-bond acceptors (Lipinski definition) is 4. The number of rotatable bonds is 6. The van der Waals surface area contributed by atoms with Crippen molar-refractivity contribution in [1.82, 2.24) is 0 Å². The molecule has 0 atom stereocenters. The van der Waals surface area contributed by atoms with E-state index in [2.05, 4.69) is 0 Å². The summed E-state index contributed by atoms with van der Waals surface area (Å²) in [5.74, 6) is -1.08. The van der Waals surface area contributed by atoms with Crippen LogP contribution in [0, 0.1) is 0 Å². The quantitative estimate of drug-likeness (QED) is 0.566. The zero-order valence-corrected chi connectivity index (χ0v) is 14.8. The van der Waals surface area contributed by atoms with Crippen molar-refractivity contribution in [3.63, 3.8) is 0 Å². The Hall–Kier alpha value is -2.59. The van der Waals surface area contributed by atoms with Gasteiger partial charge in [0.25, 0.3) is 6.29 Å². The first-order valence-electron chi connectivity index (χ1n) is 7.79. The Labute approximate surface area is 152 Å². The van der Waals surface area contributed by atoms with E-state index in [4.69, 9.17) is 21.1 Å². The molecule has 0 aliphatic heterocycles. The molecule has 4 nitrogen and oxygen atoms in total. The molecule has 0 saturated heterocycles. The summed E-state index contributed by atoms with van der Waals surface area (Å²) in [6.07, 6.45) is 1.12. The van der Waals surface area contributed by atoms with Gasteiger partial charge in [-0.3, -0.25) is 9.59 Å². The normalized spacial score (nSPS) is 11.3. The van der Waals surface area contributed by atoms with E-state index in [1.807, 2.05) is 48.5 Å². The van der Waals surface area contributed by atoms with Gasteiger partial charge in [0, 0.05) is 30.9 Å². The van der Waals surface area contributed by atoms with Gasteiger partial charge >= 0.3 is 11.9 Å². The molecule has 0 aromatic heterocycles. The third-order valence-electron chi connectivity index (χ3n) is 3.35. The van der Waals surface area contributed by atoms with Gasteiger partial charge in [0.05, 0.1) is 0 Å². The van der Waals surface area contributed by atoms with Crippen LogP contribution in [0.15, 0.2) is 60.2 Å². The molecule has 0 amide bonds. The average molecular weight is 359 g/mol. The molecule has 130 valence electrons. The van der Waals surface area contributed by atoms with Crippen LogP contribution < -0.4 is 0 Å². The maximum absolute atomic E-state index is 11.4. The van der Waals surface area contributed by atoms with Crippen LogP contribution in [0.5, 0.6) is 0 Å². The summed E-state index contributed by atoms with van der Waals surface area (Å²) < 4.78 is 10.4. The fourth-order valence-electron chi connectivity index (χ4n) is 2.30. The number of carbonyl (C=O) groups is 2. The van der Waals surface area contributed by atoms with Crippen molar-refractivity contribution in [3.05, 3.63) is 76.3 Å². The van der Waals surface area contributed by atoms with Crippen LogP contribution in [-0.2, 0) is 25.5 Å². The summed E-state index contributed by atoms with van der Waals surface area (Å²) in [6.45, 7) is 2.54. The lowest BCUT2D eigenvalue weighted by Crippen LogP contribution is -2.25. The first-order valence-corrected chi connectivity index (χ1v) is 8.17. The standard InChI is InChI=1S/C20H19ClO4/c1-14(22)24-20(25-15(2)23)18(12-16-8-4-3-5-9-16)13-17-10-6-7-11-19(17)21/h3-11,13,20H,12H2,1-2H3. The molecule has 0 aliphatic rings. The topological polar surface area (TPSA) is 52.6 Å². The Balaban J connectivity index is 2.43. The van der Waals surface area contributed by atoms with Crippen molar-refractivity contribution in [2.45, 2.75) is 26.6 Å². The highest BCUT2D eigenvalue weighted by atomic mass is 35.5. The molecular weight excluding hydrogens is 340 g/mol. The lowest BCUT2D eigenvalue weighted by molar-refractivity contribution is -0.178. The summed E-state index contributed by atoms with van der Waals surface area (Å²) in [7, 11) is 0. The lowest BCUT2D eigenvalue weighted by atomic mass is 10.0. The van der Waals surface area contributed by atoms with Crippen molar-refractivity contribution in [3.8, 4) is 0 Å². The smallest absolute Gasteiger partial charge is 0.305 e. The van der Waals surface area contributed by atoms with E-state index in [-0.39, 0.29) is 0 Å². The van der Waals surface area contributed by atoms with E-state index >= 15 is 0 Å². The Kier molecular flexibility index (Phi) is 6.78. The number of hydrogen-bond donors (Lipinski definition) is 0. The van der Waals surface area contributed by atoms with Crippen LogP contribution in [0.1, 0.15) is 25.0 Å². The van der Waals surface area contributed by atoms with Crippen LogP contribution >= 0.6 is 11.6 Å². The number of halogens is 1. The molecule has 2 aromatic rings. The minimum atomic E-state index is -1.11. The minimum absolute atomic E-state index is 0.442. The van der Waals surface area contributed by atoms with Gasteiger partial charge in [0.2, 0.25) is 0 Å². The monoisotopic (exact) mass is 358 g/mol. The number of benzene rings is 2. The first-order chi connectivity index (χ1) is 12.0. The summed E-state index contributed by atoms with van der Waals surface area (Å²) in [5.41, 5.74) is 2.36. The van der Waals surface area contributed by atoms with Gasteiger partial charge in [0.1, 0.15) is 0 Å². The average Bonchev–Trinajstić information content (AvgIpc) is 2.56. The molecule has 0 radical (unpaired) electrons. The molecule has 0 bridgehead atoms. The van der Waals surface area contributed by atoms with Gasteiger partial charge < -0.3 is 9.47 Å². The molecule has 0 unspecified atom stereocenters. The van der Waals surface area contributed by atoms with Crippen molar-refractivity contribution in [2.24, 2.45) is 0 Å². The maximum Gasteiger partial charge on any atom is 0.305 e. The van der Waals surface area contributed by atoms with Crippen molar-refractivity contribution < 1.29 is 19.1 Å². The molecule has 2 rings (SSSR count). The number of carbonyl (C=O) groups excluding carboxylic acids is 2. The Morgan fingerprint density at radius 3 is 2.08 bits per heavy atom. The zero-order valence-electron chi connectivity index (χ0n) is 14.1. The fourth-order valence-corrected chi connectivity index (χ4v) is 2.49. The third kappa shape index (κ3) is 6.08. The highest BCUT2D eigenvalue weighted by Gasteiger charge is 2.21. The fraction of sp³-hybridized carbons (Fsp3) is 0.200. The van der Waals surface area contributed by atoms with Crippen LogP contribution in [0.25, 0.3) is 6.08 Å². The van der Waals surface area contributed by atoms with Crippen LogP contribution in [0.4, 0.5) is 0 Å². The van der Waals surface area contributed by atoms with E-state index in [1.165, 1.54) is 13.8 Å². The molecule has 0 spiro atoms. The lowest BCUT2D eigenvalue weighted by Gasteiger charge is -2.20. The molecule has 0 heterocycles. The molecule has 0 saturated carbocycles. The highest BCUT2D eigenvalue weighted by molar-refractivity contribution is 6.32. The SMILES string of the molecule is CC(=O)OC(OC(C)=O)C(=Cc1ccccc1Cl)Cc1ccccc1. The predicted octanol–water partition coefficient (Wildman–Crippen LogP) is 4.42. The Bertz CT molecular complexity index is 752. The molecule has 25 heavy (non-hydrogen) atoms. The second kappa shape index (κ2) is 9.04. The van der Waals surface area contributed by atoms with Gasteiger partial charge in [0.15, 0.2) is 0 Å². The molecule has 2 aromatic carbocycles. The number of ether oxygens (including phenoxy) is 2. The summed E-state index contributed by atoms with van der Waals surface area (Å²) >= 11 is 6.23. The van der Waals surface area contributed by atoms with Gasteiger partial charge in [-0.25, -0.2) is 0 Å². The largest absolute Gasteiger partial charge is 0.421 e. The molecule has 0 N–H and O–H groups in total. The van der Waals surface area contributed by atoms with Crippen molar-refractivity contribution in [1.29, 1.82) is 0 Å². The maximum atomic E-state index is 11.4. The second-order valence-electron chi connectivity index (χ2n) is 5.45. The van der Waals surface area contributed by atoms with Gasteiger partial charge in [-0.15, -0.1) is 0 Å². The first kappa shape index (κ1) is 18.7. The molecule has 0 fully saturated rings. The van der Waals surface area contributed by atoms with E-state index < -0.39 is 18.2 Å². The van der Waals surface area contributed by atoms with Crippen LogP contribution in [-0.4, -0.2) is 18.2 Å². The van der Waals surface area contributed by atoms with Gasteiger partial charge in [-0.05, 0) is 23.3 Å². The third-order valence-corrected chi connectivity index (χ3v) is 3.69. The van der Waals surface area contributed by atoms with Crippen LogP contribution in [0.2, 0.25) is 5.02 Å². The van der Waals surface area contributed by atoms with Gasteiger partial charge in [-0.1, -0.05) is 60.1 Å². The Morgan fingerprint density at radius 1 is 0.960 bits per heavy atom. The summed E-state index contributed by atoms with van der Waals surface area (Å²) in [4.78, 5) is 22.9. The van der Waals surface area contributed by atoms with E-state index in [1.54, 1.807) is 12.1 Å². The number of esters is 2. The van der Waals surface area contributed by atoms with E-state index in [0.717, 1.165) is 11.1 Å². The molecule has 5 heteroatoms. The van der Waals surface area contributed by atoms with Gasteiger partial charge in [-0.2, -0.15) is 0 Å². The van der Waals surface area contributed by atoms with E-state index in [0.29, 0.717) is 17.0 Å². The predicted molar refractivity (Wildman–Crippen MR) is 96.9 cm³/mol. The molecule has 0 aliphatic carbocycles. The molecular formula is C20H19ClO4. The minimum Gasteiger partial charge on any atom is -0.421 e. The summed E-state index contributed by atoms with van der Waals surface area (Å²) in [6, 6.07) is 16.9. The van der Waals surface area contributed by atoms with Crippen molar-refractivity contribution in [2.75, 3.05) is 0 Å². The Morgan fingerprint density at radius 2 is 1.52 bits per heavy atom.